The van der Waals surface area contributed by atoms with Crippen LogP contribution in [0.4, 0.5) is 5.95 Å². The largest absolute Gasteiger partial charge is 0.369 e. The van der Waals surface area contributed by atoms with Crippen molar-refractivity contribution in [1.29, 1.82) is 0 Å². The third-order valence-electron chi connectivity index (χ3n) is 4.28. The quantitative estimate of drug-likeness (QED) is 0.933. The Balaban J connectivity index is 1.89. The Kier molecular flexibility index (Phi) is 4.29. The first-order valence-corrected chi connectivity index (χ1v) is 8.16. The third kappa shape index (κ3) is 2.98. The minimum absolute atomic E-state index is 0.430. The molecule has 2 N–H and O–H groups in total. The number of benzene rings is 1. The molecule has 0 spiro atoms. The summed E-state index contributed by atoms with van der Waals surface area (Å²) in [6.45, 7) is 5.40. The Morgan fingerprint density at radius 1 is 1.19 bits per heavy atom. The Bertz CT molecular complexity index is 647. The van der Waals surface area contributed by atoms with Crippen LogP contribution in [0.3, 0.4) is 0 Å². The van der Waals surface area contributed by atoms with E-state index in [9.17, 15) is 0 Å². The second-order valence-electron chi connectivity index (χ2n) is 5.78. The van der Waals surface area contributed by atoms with Crippen molar-refractivity contribution < 1.29 is 0 Å². The summed E-state index contributed by atoms with van der Waals surface area (Å²) >= 11 is 12.2. The van der Waals surface area contributed by atoms with Crippen LogP contribution in [-0.2, 0) is 6.54 Å². The van der Waals surface area contributed by atoms with E-state index in [1.54, 1.807) is 6.07 Å². The lowest BCUT2D eigenvalue weighted by Gasteiger charge is -2.32. The Morgan fingerprint density at radius 3 is 2.57 bits per heavy atom. The highest BCUT2D eigenvalue weighted by Gasteiger charge is 2.19. The Labute approximate surface area is 134 Å². The first kappa shape index (κ1) is 14.9. The zero-order valence-corrected chi connectivity index (χ0v) is 13.7. The summed E-state index contributed by atoms with van der Waals surface area (Å²) in [5.41, 5.74) is 7.83. The van der Waals surface area contributed by atoms with Crippen LogP contribution < -0.4 is 5.73 Å². The maximum Gasteiger partial charge on any atom is 0.201 e. The summed E-state index contributed by atoms with van der Waals surface area (Å²) in [6.07, 6.45) is 3.91. The minimum atomic E-state index is 0.430. The number of nitrogen functional groups attached to an aromatic ring is 1. The van der Waals surface area contributed by atoms with Gasteiger partial charge in [-0.3, -0.25) is 4.90 Å². The zero-order valence-electron chi connectivity index (χ0n) is 12.1. The molecule has 4 nitrogen and oxygen atoms in total. The lowest BCUT2D eigenvalue weighted by molar-refractivity contribution is 0.161. The number of anilines is 1. The van der Waals surface area contributed by atoms with Crippen molar-refractivity contribution in [1.82, 2.24) is 14.5 Å². The van der Waals surface area contributed by atoms with Gasteiger partial charge in [-0.2, -0.15) is 0 Å². The number of hydrogen-bond donors (Lipinski definition) is 1. The molecule has 1 aliphatic heterocycles. The molecule has 1 aromatic heterocycles. The van der Waals surface area contributed by atoms with Crippen LogP contribution in [-0.4, -0.2) is 33.6 Å². The first-order valence-electron chi connectivity index (χ1n) is 7.41. The summed E-state index contributed by atoms with van der Waals surface area (Å²) in [4.78, 5) is 6.91. The number of halogens is 2. The highest BCUT2D eigenvalue weighted by Crippen LogP contribution is 2.29. The summed E-state index contributed by atoms with van der Waals surface area (Å²) in [7, 11) is 0. The van der Waals surface area contributed by atoms with Crippen LogP contribution in [0.1, 0.15) is 26.2 Å². The molecule has 0 aliphatic carbocycles. The predicted octanol–water partition coefficient (Wildman–Crippen LogP) is 3.80. The number of piperidine rings is 1. The highest BCUT2D eigenvalue weighted by atomic mass is 35.5. The molecule has 6 heteroatoms. The van der Waals surface area contributed by atoms with Crippen molar-refractivity contribution in [2.45, 2.75) is 38.8 Å². The maximum absolute atomic E-state index is 6.13. The van der Waals surface area contributed by atoms with E-state index in [-0.39, 0.29) is 0 Å². The molecule has 0 amide bonds. The van der Waals surface area contributed by atoms with Crippen LogP contribution >= 0.6 is 23.2 Å². The van der Waals surface area contributed by atoms with Crippen LogP contribution in [0.2, 0.25) is 10.0 Å². The van der Waals surface area contributed by atoms with Gasteiger partial charge in [0, 0.05) is 12.6 Å². The molecule has 0 radical (unpaired) electrons. The summed E-state index contributed by atoms with van der Waals surface area (Å²) in [5.74, 6) is 0.521. The van der Waals surface area contributed by atoms with Gasteiger partial charge in [0.05, 0.1) is 21.1 Å². The van der Waals surface area contributed by atoms with Crippen molar-refractivity contribution >= 4 is 40.2 Å². The molecule has 0 saturated carbocycles. The number of nitrogens with two attached hydrogens (primary N) is 1. The molecule has 2 aromatic rings. The molecular formula is C15H20Cl2N4. The number of aromatic nitrogens is 2. The first-order chi connectivity index (χ1) is 10.1. The van der Waals surface area contributed by atoms with Crippen molar-refractivity contribution in [3.05, 3.63) is 22.2 Å². The van der Waals surface area contributed by atoms with Crippen molar-refractivity contribution in [3.63, 3.8) is 0 Å². The number of likely N-dealkylation sites (tertiary alicyclic amines) is 1. The fourth-order valence-electron chi connectivity index (χ4n) is 3.07. The van der Waals surface area contributed by atoms with Gasteiger partial charge in [0.1, 0.15) is 0 Å². The Hall–Kier alpha value is -0.970. The number of fused-ring (bicyclic) bond motifs is 1. The molecule has 1 unspecified atom stereocenters. The second-order valence-corrected chi connectivity index (χ2v) is 6.60. The van der Waals surface area contributed by atoms with E-state index < -0.39 is 0 Å². The highest BCUT2D eigenvalue weighted by molar-refractivity contribution is 6.42. The molecule has 1 aromatic carbocycles. The van der Waals surface area contributed by atoms with Crippen molar-refractivity contribution in [2.24, 2.45) is 0 Å². The number of nitrogens with zero attached hydrogens (tertiary/aromatic N) is 3. The predicted molar refractivity (Wildman–Crippen MR) is 89.1 cm³/mol. The zero-order chi connectivity index (χ0) is 15.0. The van der Waals surface area contributed by atoms with E-state index in [0.29, 0.717) is 22.0 Å². The van der Waals surface area contributed by atoms with Crippen molar-refractivity contribution in [3.8, 4) is 0 Å². The second kappa shape index (κ2) is 6.03. The maximum atomic E-state index is 6.13. The van der Waals surface area contributed by atoms with E-state index in [1.165, 1.54) is 32.4 Å². The standard InChI is InChI=1S/C15H20Cl2N4/c1-10(20-5-3-2-4-6-20)9-21-14-8-12(17)11(16)7-13(14)19-15(21)18/h7-8,10H,2-6,9H2,1H3,(H2,18,19). The van der Waals surface area contributed by atoms with Gasteiger partial charge in [-0.1, -0.05) is 29.6 Å². The average Bonchev–Trinajstić information content (AvgIpc) is 2.76. The number of hydrogen-bond acceptors (Lipinski definition) is 3. The molecule has 21 heavy (non-hydrogen) atoms. The fraction of sp³-hybridized carbons (Fsp3) is 0.533. The van der Waals surface area contributed by atoms with Gasteiger partial charge in [0.2, 0.25) is 5.95 Å². The molecule has 3 rings (SSSR count). The van der Waals surface area contributed by atoms with Gasteiger partial charge in [0.15, 0.2) is 0 Å². The molecular weight excluding hydrogens is 307 g/mol. The average molecular weight is 327 g/mol. The monoisotopic (exact) mass is 326 g/mol. The van der Waals surface area contributed by atoms with E-state index >= 15 is 0 Å². The van der Waals surface area contributed by atoms with E-state index in [2.05, 4.69) is 16.8 Å². The van der Waals surface area contributed by atoms with E-state index in [0.717, 1.165) is 17.6 Å². The van der Waals surface area contributed by atoms with Crippen molar-refractivity contribution in [2.75, 3.05) is 18.8 Å². The molecule has 1 aliphatic rings. The summed E-state index contributed by atoms with van der Waals surface area (Å²) in [6, 6.07) is 4.06. The molecule has 1 fully saturated rings. The summed E-state index contributed by atoms with van der Waals surface area (Å²) < 4.78 is 2.04. The molecule has 1 saturated heterocycles. The van der Waals surface area contributed by atoms with Gasteiger partial charge in [0.25, 0.3) is 0 Å². The lowest BCUT2D eigenvalue weighted by atomic mass is 10.1. The van der Waals surface area contributed by atoms with Gasteiger partial charge in [-0.15, -0.1) is 0 Å². The summed E-state index contributed by atoms with van der Waals surface area (Å²) in [5, 5.41) is 1.05. The normalized spacial score (nSPS) is 18.2. The van der Waals surface area contributed by atoms with Gasteiger partial charge in [-0.25, -0.2) is 4.98 Å². The topological polar surface area (TPSA) is 47.1 Å². The fourth-order valence-corrected chi connectivity index (χ4v) is 3.39. The smallest absolute Gasteiger partial charge is 0.201 e. The van der Waals surface area contributed by atoms with Crippen LogP contribution in [0.15, 0.2) is 12.1 Å². The van der Waals surface area contributed by atoms with Gasteiger partial charge < -0.3 is 10.3 Å². The van der Waals surface area contributed by atoms with Gasteiger partial charge in [-0.05, 0) is 45.0 Å². The van der Waals surface area contributed by atoms with Gasteiger partial charge >= 0.3 is 0 Å². The molecule has 1 atom stereocenters. The number of rotatable bonds is 3. The lowest BCUT2D eigenvalue weighted by Crippen LogP contribution is -2.39. The van der Waals surface area contributed by atoms with Crippen LogP contribution in [0.25, 0.3) is 11.0 Å². The molecule has 0 bridgehead atoms. The van der Waals surface area contributed by atoms with Crippen LogP contribution in [0, 0.1) is 0 Å². The number of imidazole rings is 1. The minimum Gasteiger partial charge on any atom is -0.369 e. The molecule has 114 valence electrons. The van der Waals surface area contributed by atoms with E-state index in [1.807, 2.05) is 10.6 Å². The van der Waals surface area contributed by atoms with E-state index in [4.69, 9.17) is 28.9 Å². The third-order valence-corrected chi connectivity index (χ3v) is 5.00. The Morgan fingerprint density at radius 2 is 1.86 bits per heavy atom. The molecule has 2 heterocycles. The van der Waals surface area contributed by atoms with Crippen LogP contribution in [0.5, 0.6) is 0 Å². The SMILES string of the molecule is CC(Cn1c(N)nc2cc(Cl)c(Cl)cc21)N1CCCCC1.